The summed E-state index contributed by atoms with van der Waals surface area (Å²) in [5.74, 6) is -0.935. The summed E-state index contributed by atoms with van der Waals surface area (Å²) in [5.41, 5.74) is 6.26. The van der Waals surface area contributed by atoms with Gasteiger partial charge in [0.05, 0.1) is 17.9 Å². The molecule has 84 valence electrons. The molecule has 0 unspecified atom stereocenters. The van der Waals surface area contributed by atoms with Crippen molar-refractivity contribution < 1.29 is 14.6 Å². The second-order valence-corrected chi connectivity index (χ2v) is 2.89. The number of hydrogen-bond acceptors (Lipinski definition) is 5. The number of aliphatic hydroxyl groups excluding tert-OH is 1. The standard InChI is InChI=1S/C10H16N2O3/c1-5-15-10(14)9(6(2)11)7(3)12-8(4)13/h13H,4-5,11H2,1-3H3/b9-6+,12-7?. The number of aliphatic hydroxyl groups is 1. The second-order valence-electron chi connectivity index (χ2n) is 2.89. The van der Waals surface area contributed by atoms with Gasteiger partial charge in [0.2, 0.25) is 5.88 Å². The Kier molecular flexibility index (Phi) is 5.15. The van der Waals surface area contributed by atoms with E-state index in [9.17, 15) is 4.79 Å². The van der Waals surface area contributed by atoms with Crippen LogP contribution < -0.4 is 5.73 Å². The second kappa shape index (κ2) is 5.85. The summed E-state index contributed by atoms with van der Waals surface area (Å²) in [6, 6.07) is 0. The molecule has 0 aliphatic rings. The SMILES string of the molecule is C=C(O)N=C(C)/C(C(=O)OCC)=C(/C)N. The van der Waals surface area contributed by atoms with Crippen molar-refractivity contribution in [2.75, 3.05) is 6.61 Å². The van der Waals surface area contributed by atoms with E-state index < -0.39 is 5.97 Å². The van der Waals surface area contributed by atoms with Crippen molar-refractivity contribution in [2.45, 2.75) is 20.8 Å². The lowest BCUT2D eigenvalue weighted by Gasteiger charge is -2.08. The third-order valence-corrected chi connectivity index (χ3v) is 1.53. The minimum absolute atomic E-state index is 0.159. The van der Waals surface area contributed by atoms with Crippen molar-refractivity contribution in [3.63, 3.8) is 0 Å². The first kappa shape index (κ1) is 13.2. The molecule has 0 aromatic heterocycles. The number of rotatable bonds is 4. The molecule has 0 fully saturated rings. The van der Waals surface area contributed by atoms with Crippen molar-refractivity contribution in [2.24, 2.45) is 10.7 Å². The molecular weight excluding hydrogens is 196 g/mol. The van der Waals surface area contributed by atoms with E-state index in [1.165, 1.54) is 0 Å². The molecule has 0 radical (unpaired) electrons. The van der Waals surface area contributed by atoms with E-state index in [1.807, 2.05) is 0 Å². The predicted molar refractivity (Wildman–Crippen MR) is 58.4 cm³/mol. The van der Waals surface area contributed by atoms with Crippen molar-refractivity contribution in [3.05, 3.63) is 23.7 Å². The van der Waals surface area contributed by atoms with Gasteiger partial charge >= 0.3 is 5.97 Å². The topological polar surface area (TPSA) is 84.9 Å². The Balaban J connectivity index is 5.11. The summed E-state index contributed by atoms with van der Waals surface area (Å²) in [4.78, 5) is 15.1. The Hall–Kier alpha value is -1.78. The summed E-state index contributed by atoms with van der Waals surface area (Å²) in [7, 11) is 0. The van der Waals surface area contributed by atoms with Crippen LogP contribution in [0.1, 0.15) is 20.8 Å². The van der Waals surface area contributed by atoms with Gasteiger partial charge in [-0.25, -0.2) is 9.79 Å². The Morgan fingerprint density at radius 3 is 2.40 bits per heavy atom. The van der Waals surface area contributed by atoms with Crippen LogP contribution in [0.5, 0.6) is 0 Å². The fourth-order valence-electron chi connectivity index (χ4n) is 1.05. The van der Waals surface area contributed by atoms with Crippen molar-refractivity contribution in [1.82, 2.24) is 0 Å². The highest BCUT2D eigenvalue weighted by molar-refractivity contribution is 6.19. The highest BCUT2D eigenvalue weighted by Crippen LogP contribution is 2.07. The largest absolute Gasteiger partial charge is 0.494 e. The smallest absolute Gasteiger partial charge is 0.341 e. The predicted octanol–water partition coefficient (Wildman–Crippen LogP) is 1.27. The average Bonchev–Trinajstić information content (AvgIpc) is 2.01. The summed E-state index contributed by atoms with van der Waals surface area (Å²) in [6.07, 6.45) is 0. The van der Waals surface area contributed by atoms with E-state index in [0.717, 1.165) is 0 Å². The minimum atomic E-state index is -0.556. The lowest BCUT2D eigenvalue weighted by Crippen LogP contribution is -2.18. The number of nitrogens with two attached hydrogens (primary N) is 1. The van der Waals surface area contributed by atoms with Crippen LogP contribution in [0.15, 0.2) is 28.7 Å². The lowest BCUT2D eigenvalue weighted by atomic mass is 10.1. The van der Waals surface area contributed by atoms with Crippen LogP contribution in [0.25, 0.3) is 0 Å². The van der Waals surface area contributed by atoms with Gasteiger partial charge in [0.1, 0.15) is 0 Å². The number of aliphatic imine (C=N–C) groups is 1. The summed E-state index contributed by atoms with van der Waals surface area (Å²) < 4.78 is 4.80. The molecule has 5 nitrogen and oxygen atoms in total. The molecule has 3 N–H and O–H groups in total. The summed E-state index contributed by atoms with van der Waals surface area (Å²) in [5, 5.41) is 8.87. The number of ether oxygens (including phenoxy) is 1. The van der Waals surface area contributed by atoms with E-state index in [4.69, 9.17) is 15.6 Å². The van der Waals surface area contributed by atoms with Gasteiger partial charge in [0.25, 0.3) is 0 Å². The first-order chi connectivity index (χ1) is 6.90. The van der Waals surface area contributed by atoms with Crippen LogP contribution in [-0.2, 0) is 9.53 Å². The highest BCUT2D eigenvalue weighted by Gasteiger charge is 2.16. The minimum Gasteiger partial charge on any atom is -0.494 e. The zero-order valence-electron chi connectivity index (χ0n) is 9.20. The summed E-state index contributed by atoms with van der Waals surface area (Å²) >= 11 is 0. The van der Waals surface area contributed by atoms with Gasteiger partial charge in [0, 0.05) is 5.70 Å². The molecule has 0 spiro atoms. The maximum absolute atomic E-state index is 11.5. The van der Waals surface area contributed by atoms with E-state index in [2.05, 4.69) is 11.6 Å². The molecule has 0 aromatic carbocycles. The van der Waals surface area contributed by atoms with Gasteiger partial charge in [-0.05, 0) is 27.4 Å². The monoisotopic (exact) mass is 212 g/mol. The van der Waals surface area contributed by atoms with Crippen LogP contribution in [0, 0.1) is 0 Å². The van der Waals surface area contributed by atoms with Gasteiger partial charge in [-0.3, -0.25) is 0 Å². The molecule has 0 aliphatic carbocycles. The Morgan fingerprint density at radius 1 is 1.53 bits per heavy atom. The zero-order chi connectivity index (χ0) is 12.0. The number of carbonyl (C=O) groups excluding carboxylic acids is 1. The van der Waals surface area contributed by atoms with Crippen molar-refractivity contribution in [3.8, 4) is 0 Å². The zero-order valence-corrected chi connectivity index (χ0v) is 9.20. The number of hydrogen-bond donors (Lipinski definition) is 2. The van der Waals surface area contributed by atoms with Crippen molar-refractivity contribution in [1.29, 1.82) is 0 Å². The van der Waals surface area contributed by atoms with Gasteiger partial charge in [-0.1, -0.05) is 0 Å². The third-order valence-electron chi connectivity index (χ3n) is 1.53. The molecule has 0 aliphatic heterocycles. The van der Waals surface area contributed by atoms with Crippen LogP contribution in [0.3, 0.4) is 0 Å². The van der Waals surface area contributed by atoms with Crippen molar-refractivity contribution >= 4 is 11.7 Å². The Labute approximate surface area is 88.9 Å². The fraction of sp³-hybridized carbons (Fsp3) is 0.400. The number of carbonyl (C=O) groups is 1. The molecule has 0 amide bonds. The molecule has 15 heavy (non-hydrogen) atoms. The molecule has 0 saturated heterocycles. The maximum atomic E-state index is 11.5. The Morgan fingerprint density at radius 2 is 2.07 bits per heavy atom. The molecule has 0 aromatic rings. The normalized spacial score (nSPS) is 13.1. The van der Waals surface area contributed by atoms with Gasteiger partial charge in [-0.2, -0.15) is 0 Å². The molecule has 0 rings (SSSR count). The van der Waals surface area contributed by atoms with Crippen LogP contribution in [0.2, 0.25) is 0 Å². The third kappa shape index (κ3) is 4.30. The molecule has 0 bridgehead atoms. The van der Waals surface area contributed by atoms with E-state index in [-0.39, 0.29) is 29.5 Å². The lowest BCUT2D eigenvalue weighted by molar-refractivity contribution is -0.137. The van der Waals surface area contributed by atoms with E-state index >= 15 is 0 Å². The maximum Gasteiger partial charge on any atom is 0.341 e. The van der Waals surface area contributed by atoms with Crippen LogP contribution in [-0.4, -0.2) is 23.4 Å². The molecular formula is C10H16N2O3. The number of allylic oxidation sites excluding steroid dienone is 1. The molecule has 0 saturated carbocycles. The van der Waals surface area contributed by atoms with E-state index in [0.29, 0.717) is 0 Å². The van der Waals surface area contributed by atoms with Gasteiger partial charge in [0.15, 0.2) is 0 Å². The molecule has 0 heterocycles. The summed E-state index contributed by atoms with van der Waals surface area (Å²) in [6.45, 7) is 8.25. The fourth-order valence-corrected chi connectivity index (χ4v) is 1.05. The average molecular weight is 212 g/mol. The first-order valence-electron chi connectivity index (χ1n) is 4.47. The van der Waals surface area contributed by atoms with E-state index in [1.54, 1.807) is 20.8 Å². The molecule has 5 heteroatoms. The first-order valence-corrected chi connectivity index (χ1v) is 4.47. The van der Waals surface area contributed by atoms with Crippen LogP contribution in [0.4, 0.5) is 0 Å². The quantitative estimate of drug-likeness (QED) is 0.318. The van der Waals surface area contributed by atoms with Gasteiger partial charge in [-0.15, -0.1) is 0 Å². The number of nitrogens with zero attached hydrogens (tertiary/aromatic N) is 1. The molecule has 0 atom stereocenters. The Bertz CT molecular complexity index is 326. The number of esters is 1. The van der Waals surface area contributed by atoms with Crippen LogP contribution >= 0.6 is 0 Å². The highest BCUT2D eigenvalue weighted by atomic mass is 16.5. The van der Waals surface area contributed by atoms with Gasteiger partial charge < -0.3 is 15.6 Å².